The van der Waals surface area contributed by atoms with Gasteiger partial charge < -0.3 is 28.6 Å². The average Bonchev–Trinajstić information content (AvgIpc) is 3.06. The van der Waals surface area contributed by atoms with E-state index in [1.807, 2.05) is 30.4 Å². The molecule has 0 aliphatic rings. The van der Waals surface area contributed by atoms with Crippen LogP contribution in [0.1, 0.15) is 149 Å². The van der Waals surface area contributed by atoms with Crippen molar-refractivity contribution in [3.8, 4) is 0 Å². The Morgan fingerprint density at radius 2 is 1.12 bits per heavy atom. The zero-order chi connectivity index (χ0) is 37.1. The smallest absolute Gasteiger partial charge is 0.306 e. The van der Waals surface area contributed by atoms with E-state index in [4.69, 9.17) is 14.2 Å². The maximum absolute atomic E-state index is 12.6. The molecule has 50 heavy (non-hydrogen) atoms. The van der Waals surface area contributed by atoms with Crippen LogP contribution in [0.3, 0.4) is 0 Å². The summed E-state index contributed by atoms with van der Waals surface area (Å²) in [6.07, 6.45) is 37.0. The molecule has 0 rings (SSSR count). The van der Waals surface area contributed by atoms with Gasteiger partial charge in [0.15, 0.2) is 6.10 Å². The zero-order valence-electron chi connectivity index (χ0n) is 32.5. The maximum Gasteiger partial charge on any atom is 0.306 e. The summed E-state index contributed by atoms with van der Waals surface area (Å²) in [4.78, 5) is 36.7. The fourth-order valence-corrected chi connectivity index (χ4v) is 5.49. The number of nitrogens with zero attached hydrogens (tertiary/aromatic N) is 1. The minimum atomic E-state index is -1.13. The van der Waals surface area contributed by atoms with Gasteiger partial charge in [-0.25, -0.2) is 0 Å². The third-order valence-corrected chi connectivity index (χ3v) is 8.57. The number of unbranched alkanes of at least 4 members (excludes halogenated alkanes) is 15. The van der Waals surface area contributed by atoms with E-state index < -0.39 is 18.1 Å². The number of esters is 2. The molecule has 0 aromatic rings. The number of carboxylic acid groups (broad SMARTS) is 1. The number of hydrogen-bond acceptors (Lipinski definition) is 7. The van der Waals surface area contributed by atoms with E-state index in [2.05, 4.69) is 32.1 Å². The van der Waals surface area contributed by atoms with Gasteiger partial charge in [-0.05, 0) is 32.1 Å². The Labute approximate surface area is 306 Å². The first-order valence-electron chi connectivity index (χ1n) is 19.7. The Kier molecular flexibility index (Phi) is 31.6. The summed E-state index contributed by atoms with van der Waals surface area (Å²) in [5, 5.41) is 11.6. The minimum Gasteiger partial charge on any atom is -0.544 e. The van der Waals surface area contributed by atoms with Gasteiger partial charge in [0.2, 0.25) is 0 Å². The van der Waals surface area contributed by atoms with Crippen LogP contribution in [0.4, 0.5) is 0 Å². The van der Waals surface area contributed by atoms with Crippen molar-refractivity contribution >= 4 is 17.9 Å². The molecule has 0 heterocycles. The molecule has 0 radical (unpaired) electrons. The summed E-state index contributed by atoms with van der Waals surface area (Å²) in [6, 6.07) is -0.728. The van der Waals surface area contributed by atoms with E-state index in [0.717, 1.165) is 64.2 Å². The Morgan fingerprint density at radius 1 is 0.620 bits per heavy atom. The fourth-order valence-electron chi connectivity index (χ4n) is 5.49. The summed E-state index contributed by atoms with van der Waals surface area (Å²) < 4.78 is 17.1. The van der Waals surface area contributed by atoms with Gasteiger partial charge in [-0.2, -0.15) is 0 Å². The van der Waals surface area contributed by atoms with Gasteiger partial charge in [0.05, 0.1) is 40.3 Å². The van der Waals surface area contributed by atoms with Crippen LogP contribution in [0.15, 0.2) is 48.6 Å². The van der Waals surface area contributed by atoms with Crippen LogP contribution in [0.25, 0.3) is 0 Å². The number of likely N-dealkylation sites (N-methyl/N-ethyl adjacent to an activating group) is 1. The van der Waals surface area contributed by atoms with E-state index in [9.17, 15) is 19.5 Å². The third-order valence-electron chi connectivity index (χ3n) is 8.57. The summed E-state index contributed by atoms with van der Waals surface area (Å²) in [6.45, 7) is 4.47. The van der Waals surface area contributed by atoms with Crippen molar-refractivity contribution in [2.45, 2.75) is 161 Å². The highest BCUT2D eigenvalue weighted by Gasteiger charge is 2.25. The number of quaternary nitrogens is 1. The van der Waals surface area contributed by atoms with Crippen LogP contribution in [-0.2, 0) is 28.6 Å². The molecule has 0 fully saturated rings. The lowest BCUT2D eigenvalue weighted by molar-refractivity contribution is -0.889. The zero-order valence-corrected chi connectivity index (χ0v) is 32.5. The van der Waals surface area contributed by atoms with Gasteiger partial charge in [0.1, 0.15) is 12.6 Å². The lowest BCUT2D eigenvalue weighted by Crippen LogP contribution is -2.55. The third kappa shape index (κ3) is 31.3. The molecular weight excluding hydrogens is 630 g/mol. The van der Waals surface area contributed by atoms with Crippen molar-refractivity contribution in [3.05, 3.63) is 48.6 Å². The van der Waals surface area contributed by atoms with Gasteiger partial charge >= 0.3 is 11.9 Å². The molecule has 0 amide bonds. The molecule has 0 aromatic carbocycles. The number of carbonyl (C=O) groups is 3. The van der Waals surface area contributed by atoms with Crippen LogP contribution in [0.5, 0.6) is 0 Å². The standard InChI is InChI=1S/C42H73NO7/c1-6-8-10-12-14-16-18-19-20-21-23-24-26-28-30-32-40(44)49-37-38(36-48-35-34-39(42(46)47)43(3,4)5)50-41(45)33-31-29-27-25-22-17-15-13-11-9-7-2/h8,10,12,14,16,18-20,38-39H,6-7,9,11,13,15,17,21-37H2,1-5H3/b10-8+,14-12+,18-16+,20-19+. The molecule has 8 heteroatoms. The van der Waals surface area contributed by atoms with Crippen molar-refractivity contribution in [1.29, 1.82) is 0 Å². The molecule has 8 nitrogen and oxygen atoms in total. The predicted molar refractivity (Wildman–Crippen MR) is 203 cm³/mol. The first-order valence-corrected chi connectivity index (χ1v) is 19.7. The lowest BCUT2D eigenvalue weighted by Gasteiger charge is -2.34. The first-order chi connectivity index (χ1) is 24.1. The normalized spacial score (nSPS) is 13.5. The Bertz CT molecular complexity index is 964. The number of hydrogen-bond donors (Lipinski definition) is 0. The molecule has 0 bridgehead atoms. The highest BCUT2D eigenvalue weighted by Crippen LogP contribution is 2.14. The highest BCUT2D eigenvalue weighted by atomic mass is 16.6. The van der Waals surface area contributed by atoms with E-state index in [1.54, 1.807) is 21.1 Å². The van der Waals surface area contributed by atoms with Crippen LogP contribution in [-0.4, -0.2) is 75.5 Å². The number of ether oxygens (including phenoxy) is 3. The molecule has 0 aromatic heterocycles. The van der Waals surface area contributed by atoms with Crippen molar-refractivity contribution in [2.24, 2.45) is 0 Å². The van der Waals surface area contributed by atoms with Gasteiger partial charge in [0, 0.05) is 19.3 Å². The highest BCUT2D eigenvalue weighted by molar-refractivity contribution is 5.70. The maximum atomic E-state index is 12.6. The molecule has 2 unspecified atom stereocenters. The largest absolute Gasteiger partial charge is 0.544 e. The van der Waals surface area contributed by atoms with Crippen LogP contribution in [0, 0.1) is 0 Å². The second-order valence-electron chi connectivity index (χ2n) is 14.2. The van der Waals surface area contributed by atoms with Gasteiger partial charge in [0.25, 0.3) is 0 Å². The molecule has 0 spiro atoms. The summed E-state index contributed by atoms with van der Waals surface area (Å²) in [7, 11) is 5.39. The quantitative estimate of drug-likeness (QED) is 0.0286. The van der Waals surface area contributed by atoms with Crippen LogP contribution in [0.2, 0.25) is 0 Å². The molecule has 0 aliphatic carbocycles. The number of aliphatic carboxylic acids is 1. The second-order valence-corrected chi connectivity index (χ2v) is 14.2. The van der Waals surface area contributed by atoms with Crippen LogP contribution >= 0.6 is 0 Å². The minimum absolute atomic E-state index is 0.0332. The average molecular weight is 704 g/mol. The number of carboxylic acids is 1. The predicted octanol–water partition coefficient (Wildman–Crippen LogP) is 8.74. The molecule has 0 N–H and O–H groups in total. The van der Waals surface area contributed by atoms with Crippen molar-refractivity contribution in [2.75, 3.05) is 41.0 Å². The van der Waals surface area contributed by atoms with Crippen LogP contribution < -0.4 is 5.11 Å². The van der Waals surface area contributed by atoms with Crippen molar-refractivity contribution < 1.29 is 38.2 Å². The number of rotatable bonds is 34. The number of carbonyl (C=O) groups excluding carboxylic acids is 3. The Balaban J connectivity index is 4.44. The first kappa shape index (κ1) is 47.3. The monoisotopic (exact) mass is 704 g/mol. The topological polar surface area (TPSA) is 102 Å². The molecule has 0 aliphatic heterocycles. The van der Waals surface area contributed by atoms with Crippen molar-refractivity contribution in [1.82, 2.24) is 0 Å². The second kappa shape index (κ2) is 33.4. The SMILES string of the molecule is CC/C=C/C=C/C=C/C=C/CCCCCCCC(=O)OCC(COCCC(C(=O)[O-])[N+](C)(C)C)OC(=O)CCCCCCCCCCCCC. The Morgan fingerprint density at radius 3 is 1.66 bits per heavy atom. The fraction of sp³-hybridized carbons (Fsp3) is 0.738. The van der Waals surface area contributed by atoms with E-state index >= 15 is 0 Å². The van der Waals surface area contributed by atoms with Crippen molar-refractivity contribution in [3.63, 3.8) is 0 Å². The summed E-state index contributed by atoms with van der Waals surface area (Å²) in [5.74, 6) is -1.77. The molecule has 288 valence electrons. The molecule has 0 saturated carbocycles. The molecular formula is C42H73NO7. The van der Waals surface area contributed by atoms with Gasteiger partial charge in [-0.15, -0.1) is 0 Å². The van der Waals surface area contributed by atoms with Gasteiger partial charge in [-0.1, -0.05) is 146 Å². The van der Waals surface area contributed by atoms with Gasteiger partial charge in [-0.3, -0.25) is 9.59 Å². The summed E-state index contributed by atoms with van der Waals surface area (Å²) >= 11 is 0. The molecule has 0 saturated heterocycles. The number of allylic oxidation sites excluding steroid dienone is 8. The molecule has 2 atom stereocenters. The summed E-state index contributed by atoms with van der Waals surface area (Å²) in [5.41, 5.74) is 0. The lowest BCUT2D eigenvalue weighted by atomic mass is 10.1. The van der Waals surface area contributed by atoms with E-state index in [0.29, 0.717) is 12.8 Å². The Hall–Kier alpha value is -2.71. The van der Waals surface area contributed by atoms with E-state index in [-0.39, 0.29) is 42.7 Å². The van der Waals surface area contributed by atoms with E-state index in [1.165, 1.54) is 51.4 Å².